The second kappa shape index (κ2) is 6.37. The molecule has 0 aliphatic heterocycles. The zero-order chi connectivity index (χ0) is 11.2. The van der Waals surface area contributed by atoms with Crippen LogP contribution < -0.4 is 0 Å². The van der Waals surface area contributed by atoms with Gasteiger partial charge >= 0.3 is 0 Å². The smallest absolute Gasteiger partial charge is 0.147 e. The third-order valence-corrected chi connectivity index (χ3v) is 2.70. The zero-order valence-corrected chi connectivity index (χ0v) is 9.88. The lowest BCUT2D eigenvalue weighted by Crippen LogP contribution is -2.19. The highest BCUT2D eigenvalue weighted by Gasteiger charge is 2.08. The Balaban J connectivity index is 3.50. The Bertz CT molecular complexity index is 233. The van der Waals surface area contributed by atoms with Crippen LogP contribution in [0.15, 0.2) is 0 Å². The van der Waals surface area contributed by atoms with Crippen molar-refractivity contribution in [1.29, 1.82) is 0 Å². The summed E-state index contributed by atoms with van der Waals surface area (Å²) in [6, 6.07) is 0. The molecule has 0 aliphatic carbocycles. The van der Waals surface area contributed by atoms with Crippen molar-refractivity contribution in [3.05, 3.63) is 0 Å². The molecule has 1 unspecified atom stereocenters. The SMILES string of the molecule is CC(C)OCC(O)CCCS(C)(=O)=O. The van der Waals surface area contributed by atoms with Crippen LogP contribution in [-0.4, -0.2) is 44.3 Å². The molecule has 4 nitrogen and oxygen atoms in total. The highest BCUT2D eigenvalue weighted by Crippen LogP contribution is 2.01. The summed E-state index contributed by atoms with van der Waals surface area (Å²) >= 11 is 0. The average Bonchev–Trinajstić information content (AvgIpc) is 1.98. The molecule has 0 rings (SSSR count). The minimum absolute atomic E-state index is 0.0968. The Hall–Kier alpha value is -0.130. The van der Waals surface area contributed by atoms with Crippen molar-refractivity contribution in [3.63, 3.8) is 0 Å². The molecule has 1 atom stereocenters. The normalized spacial score (nSPS) is 14.6. The van der Waals surface area contributed by atoms with Gasteiger partial charge in [-0.05, 0) is 26.7 Å². The maximum Gasteiger partial charge on any atom is 0.147 e. The third kappa shape index (κ3) is 9.95. The molecule has 0 spiro atoms. The van der Waals surface area contributed by atoms with E-state index in [2.05, 4.69) is 0 Å². The summed E-state index contributed by atoms with van der Waals surface area (Å²) in [5.41, 5.74) is 0. The van der Waals surface area contributed by atoms with Crippen LogP contribution >= 0.6 is 0 Å². The molecule has 0 saturated heterocycles. The van der Waals surface area contributed by atoms with E-state index in [1.807, 2.05) is 13.8 Å². The first kappa shape index (κ1) is 13.9. The summed E-state index contributed by atoms with van der Waals surface area (Å²) in [7, 11) is -2.90. The van der Waals surface area contributed by atoms with Gasteiger partial charge in [0, 0.05) is 12.0 Å². The van der Waals surface area contributed by atoms with E-state index in [0.717, 1.165) is 0 Å². The van der Waals surface area contributed by atoms with Crippen LogP contribution in [0.2, 0.25) is 0 Å². The second-order valence-corrected chi connectivity index (χ2v) is 6.07. The first-order valence-electron chi connectivity index (χ1n) is 4.78. The van der Waals surface area contributed by atoms with Crippen LogP contribution in [0.4, 0.5) is 0 Å². The first-order valence-corrected chi connectivity index (χ1v) is 6.84. The van der Waals surface area contributed by atoms with Crippen molar-refractivity contribution in [2.75, 3.05) is 18.6 Å². The molecule has 0 fully saturated rings. The molecule has 0 aromatic rings. The van der Waals surface area contributed by atoms with Crippen LogP contribution in [0, 0.1) is 0 Å². The minimum atomic E-state index is -2.90. The van der Waals surface area contributed by atoms with Crippen molar-refractivity contribution in [1.82, 2.24) is 0 Å². The molecule has 14 heavy (non-hydrogen) atoms. The van der Waals surface area contributed by atoms with Crippen molar-refractivity contribution in [2.24, 2.45) is 0 Å². The fourth-order valence-electron chi connectivity index (χ4n) is 0.968. The highest BCUT2D eigenvalue weighted by atomic mass is 32.2. The van der Waals surface area contributed by atoms with Gasteiger partial charge < -0.3 is 9.84 Å². The van der Waals surface area contributed by atoms with Gasteiger partial charge in [-0.25, -0.2) is 8.42 Å². The Labute approximate surface area is 86.2 Å². The van der Waals surface area contributed by atoms with Crippen molar-refractivity contribution >= 4 is 9.84 Å². The molecule has 1 N–H and O–H groups in total. The number of sulfone groups is 1. The van der Waals surface area contributed by atoms with Crippen molar-refractivity contribution in [3.8, 4) is 0 Å². The Morgan fingerprint density at radius 1 is 1.36 bits per heavy atom. The first-order chi connectivity index (χ1) is 6.31. The monoisotopic (exact) mass is 224 g/mol. The third-order valence-electron chi connectivity index (χ3n) is 1.67. The molecule has 86 valence electrons. The summed E-state index contributed by atoms with van der Waals surface area (Å²) in [4.78, 5) is 0. The minimum Gasteiger partial charge on any atom is -0.391 e. The van der Waals surface area contributed by atoms with Gasteiger partial charge in [0.1, 0.15) is 9.84 Å². The number of ether oxygens (including phenoxy) is 1. The van der Waals surface area contributed by atoms with Crippen molar-refractivity contribution in [2.45, 2.75) is 38.9 Å². The summed E-state index contributed by atoms with van der Waals surface area (Å²) < 4.78 is 26.7. The number of rotatable bonds is 7. The van der Waals surface area contributed by atoms with E-state index in [1.165, 1.54) is 6.26 Å². The predicted octanol–water partition coefficient (Wildman–Crippen LogP) is 0.597. The summed E-state index contributed by atoms with van der Waals surface area (Å²) in [6.45, 7) is 4.06. The van der Waals surface area contributed by atoms with E-state index in [-0.39, 0.29) is 18.5 Å². The molecule has 0 amide bonds. The number of hydrogen-bond donors (Lipinski definition) is 1. The molecule has 0 saturated carbocycles. The summed E-state index contributed by atoms with van der Waals surface area (Å²) in [6.07, 6.45) is 1.70. The molecular weight excluding hydrogens is 204 g/mol. The molecular formula is C9H20O4S. The van der Waals surface area contributed by atoms with Crippen LogP contribution in [0.25, 0.3) is 0 Å². The van der Waals surface area contributed by atoms with Gasteiger partial charge in [-0.1, -0.05) is 0 Å². The maximum absolute atomic E-state index is 10.8. The van der Waals surface area contributed by atoms with Gasteiger partial charge in [0.05, 0.1) is 18.8 Å². The van der Waals surface area contributed by atoms with E-state index < -0.39 is 15.9 Å². The lowest BCUT2D eigenvalue weighted by molar-refractivity contribution is 0.00256. The number of hydrogen-bond acceptors (Lipinski definition) is 4. The van der Waals surface area contributed by atoms with Gasteiger partial charge in [-0.3, -0.25) is 0 Å². The quantitative estimate of drug-likeness (QED) is 0.687. The maximum atomic E-state index is 10.8. The van der Waals surface area contributed by atoms with Gasteiger partial charge in [0.25, 0.3) is 0 Å². The molecule has 0 aromatic heterocycles. The fraction of sp³-hybridized carbons (Fsp3) is 1.00. The number of aliphatic hydroxyl groups is 1. The zero-order valence-electron chi connectivity index (χ0n) is 9.06. The molecule has 0 heterocycles. The molecule has 0 aliphatic rings. The predicted molar refractivity (Wildman–Crippen MR) is 56.0 cm³/mol. The van der Waals surface area contributed by atoms with Gasteiger partial charge in [0.2, 0.25) is 0 Å². The number of aliphatic hydroxyl groups excluding tert-OH is 1. The molecule has 0 radical (unpaired) electrons. The van der Waals surface area contributed by atoms with E-state index in [9.17, 15) is 13.5 Å². The largest absolute Gasteiger partial charge is 0.391 e. The average molecular weight is 224 g/mol. The van der Waals surface area contributed by atoms with E-state index in [4.69, 9.17) is 4.74 Å². The molecule has 0 bridgehead atoms. The molecule has 5 heteroatoms. The summed E-state index contributed by atoms with van der Waals surface area (Å²) in [5.74, 6) is 0.131. The standard InChI is InChI=1S/C9H20O4S/c1-8(2)13-7-9(10)5-4-6-14(3,11)12/h8-10H,4-7H2,1-3H3. The lowest BCUT2D eigenvalue weighted by atomic mass is 10.2. The Morgan fingerprint density at radius 3 is 2.36 bits per heavy atom. The van der Waals surface area contributed by atoms with Gasteiger partial charge in [-0.2, -0.15) is 0 Å². The highest BCUT2D eigenvalue weighted by molar-refractivity contribution is 7.90. The lowest BCUT2D eigenvalue weighted by Gasteiger charge is -2.12. The van der Waals surface area contributed by atoms with E-state index in [1.54, 1.807) is 0 Å². The van der Waals surface area contributed by atoms with Crippen LogP contribution in [0.1, 0.15) is 26.7 Å². The Morgan fingerprint density at radius 2 is 1.93 bits per heavy atom. The van der Waals surface area contributed by atoms with Crippen LogP contribution in [0.3, 0.4) is 0 Å². The van der Waals surface area contributed by atoms with E-state index in [0.29, 0.717) is 12.8 Å². The summed E-state index contributed by atoms with van der Waals surface area (Å²) in [5, 5.41) is 9.38. The van der Waals surface area contributed by atoms with Crippen molar-refractivity contribution < 1.29 is 18.3 Å². The Kier molecular flexibility index (Phi) is 6.31. The van der Waals surface area contributed by atoms with Crippen LogP contribution in [-0.2, 0) is 14.6 Å². The van der Waals surface area contributed by atoms with Gasteiger partial charge in [-0.15, -0.1) is 0 Å². The second-order valence-electron chi connectivity index (χ2n) is 3.81. The van der Waals surface area contributed by atoms with Crippen LogP contribution in [0.5, 0.6) is 0 Å². The fourth-order valence-corrected chi connectivity index (χ4v) is 1.66. The topological polar surface area (TPSA) is 63.6 Å². The van der Waals surface area contributed by atoms with Gasteiger partial charge in [0.15, 0.2) is 0 Å². The molecule has 0 aromatic carbocycles. The van der Waals surface area contributed by atoms with E-state index >= 15 is 0 Å².